The Morgan fingerprint density at radius 3 is 2.47 bits per heavy atom. The lowest BCUT2D eigenvalue weighted by Gasteiger charge is -2.24. The average Bonchev–Trinajstić information content (AvgIpc) is 2.42. The molecule has 1 saturated heterocycles. The van der Waals surface area contributed by atoms with Gasteiger partial charge in [0.15, 0.2) is 5.79 Å². The molecule has 1 aliphatic heterocycles. The minimum Gasteiger partial charge on any atom is -0.444 e. The molecule has 0 saturated carbocycles. The lowest BCUT2D eigenvalue weighted by atomic mass is 10.2. The fourth-order valence-corrected chi connectivity index (χ4v) is 1.55. The van der Waals surface area contributed by atoms with Crippen molar-refractivity contribution in [1.82, 2.24) is 5.32 Å². The van der Waals surface area contributed by atoms with E-state index in [1.165, 1.54) is 0 Å². The van der Waals surface area contributed by atoms with Gasteiger partial charge in [-0.3, -0.25) is 0 Å². The van der Waals surface area contributed by atoms with Crippen LogP contribution < -0.4 is 5.32 Å². The maximum atomic E-state index is 11.6. The number of amides is 1. The molecular weight excluding hydrogens is 222 g/mol. The largest absolute Gasteiger partial charge is 0.444 e. The van der Waals surface area contributed by atoms with Crippen LogP contribution in [0.4, 0.5) is 4.79 Å². The first-order valence-electron chi connectivity index (χ1n) is 5.90. The molecule has 1 heterocycles. The van der Waals surface area contributed by atoms with Crippen LogP contribution in [0, 0.1) is 0 Å². The van der Waals surface area contributed by atoms with Gasteiger partial charge < -0.3 is 19.5 Å². The van der Waals surface area contributed by atoms with E-state index in [1.54, 1.807) is 0 Å². The highest BCUT2D eigenvalue weighted by atomic mass is 16.7. The summed E-state index contributed by atoms with van der Waals surface area (Å²) in [5, 5.41) is 2.75. The van der Waals surface area contributed by atoms with Gasteiger partial charge in [0.2, 0.25) is 0 Å². The average molecular weight is 245 g/mol. The normalized spacial score (nSPS) is 25.4. The molecule has 17 heavy (non-hydrogen) atoms. The first-order chi connectivity index (χ1) is 7.59. The molecular formula is C12H23NO4. The van der Waals surface area contributed by atoms with Gasteiger partial charge in [-0.2, -0.15) is 0 Å². The second-order valence-electron chi connectivity index (χ2n) is 5.80. The fraction of sp³-hybridized carbons (Fsp3) is 0.917. The van der Waals surface area contributed by atoms with E-state index >= 15 is 0 Å². The Hall–Kier alpha value is -0.810. The Balaban J connectivity index is 2.40. The quantitative estimate of drug-likeness (QED) is 0.809. The van der Waals surface area contributed by atoms with Gasteiger partial charge in [0.25, 0.3) is 0 Å². The fourth-order valence-electron chi connectivity index (χ4n) is 1.55. The van der Waals surface area contributed by atoms with Gasteiger partial charge in [-0.05, 0) is 41.5 Å². The summed E-state index contributed by atoms with van der Waals surface area (Å²) in [6.45, 7) is 11.5. The molecule has 1 N–H and O–H groups in total. The van der Waals surface area contributed by atoms with Crippen molar-refractivity contribution in [3.05, 3.63) is 0 Å². The van der Waals surface area contributed by atoms with E-state index in [2.05, 4.69) is 5.32 Å². The van der Waals surface area contributed by atoms with Crippen LogP contribution in [0.2, 0.25) is 0 Å². The van der Waals surface area contributed by atoms with Gasteiger partial charge in [0.05, 0.1) is 12.6 Å². The smallest absolute Gasteiger partial charge is 0.407 e. The summed E-state index contributed by atoms with van der Waals surface area (Å²) in [7, 11) is 0. The van der Waals surface area contributed by atoms with Crippen molar-refractivity contribution in [2.75, 3.05) is 6.61 Å². The highest BCUT2D eigenvalue weighted by Crippen LogP contribution is 2.24. The molecule has 0 spiro atoms. The summed E-state index contributed by atoms with van der Waals surface area (Å²) in [6, 6.07) is -0.147. The number of alkyl carbamates (subject to hydrolysis) is 1. The van der Waals surface area contributed by atoms with Gasteiger partial charge in [-0.15, -0.1) is 0 Å². The standard InChI is InChI=1S/C12H23NO4/c1-8(9-7-15-12(5,6)16-9)13-10(14)17-11(2,3)4/h8-9H,7H2,1-6H3,(H,13,14)/t8-,9+/m0/s1. The SMILES string of the molecule is C[C@H](NC(=O)OC(C)(C)C)[C@H]1COC(C)(C)O1. The zero-order chi connectivity index (χ0) is 13.3. The Bertz CT molecular complexity index is 283. The molecule has 0 aromatic carbocycles. The third kappa shape index (κ3) is 4.91. The van der Waals surface area contributed by atoms with E-state index in [0.717, 1.165) is 0 Å². The van der Waals surface area contributed by atoms with E-state index in [4.69, 9.17) is 14.2 Å². The molecule has 1 fully saturated rings. The van der Waals surface area contributed by atoms with Crippen LogP contribution in [0.1, 0.15) is 41.5 Å². The molecule has 0 aromatic heterocycles. The van der Waals surface area contributed by atoms with Crippen LogP contribution >= 0.6 is 0 Å². The second kappa shape index (κ2) is 4.82. The van der Waals surface area contributed by atoms with E-state index < -0.39 is 17.5 Å². The Morgan fingerprint density at radius 1 is 1.47 bits per heavy atom. The topological polar surface area (TPSA) is 56.8 Å². The van der Waals surface area contributed by atoms with Crippen molar-refractivity contribution in [1.29, 1.82) is 0 Å². The first kappa shape index (κ1) is 14.3. The number of ether oxygens (including phenoxy) is 3. The molecule has 0 aliphatic carbocycles. The summed E-state index contributed by atoms with van der Waals surface area (Å²) in [4.78, 5) is 11.6. The summed E-state index contributed by atoms with van der Waals surface area (Å²) < 4.78 is 16.3. The van der Waals surface area contributed by atoms with Crippen molar-refractivity contribution < 1.29 is 19.0 Å². The molecule has 5 nitrogen and oxygen atoms in total. The van der Waals surface area contributed by atoms with E-state index in [9.17, 15) is 4.79 Å². The van der Waals surface area contributed by atoms with Crippen LogP contribution in [0.3, 0.4) is 0 Å². The van der Waals surface area contributed by atoms with Crippen molar-refractivity contribution in [3.63, 3.8) is 0 Å². The minimum absolute atomic E-state index is 0.141. The Labute approximate surface area is 103 Å². The predicted octanol–water partition coefficient (Wildman–Crippen LogP) is 2.05. The number of hydrogen-bond donors (Lipinski definition) is 1. The van der Waals surface area contributed by atoms with Crippen molar-refractivity contribution in [3.8, 4) is 0 Å². The molecule has 0 aromatic rings. The van der Waals surface area contributed by atoms with Gasteiger partial charge in [0, 0.05) is 0 Å². The molecule has 100 valence electrons. The van der Waals surface area contributed by atoms with Crippen LogP contribution in [0.15, 0.2) is 0 Å². The van der Waals surface area contributed by atoms with E-state index in [-0.39, 0.29) is 12.1 Å². The van der Waals surface area contributed by atoms with Crippen LogP contribution in [-0.4, -0.2) is 36.2 Å². The maximum absolute atomic E-state index is 11.6. The third-order valence-corrected chi connectivity index (χ3v) is 2.33. The van der Waals surface area contributed by atoms with Gasteiger partial charge in [0.1, 0.15) is 11.7 Å². The number of carbonyl (C=O) groups is 1. The molecule has 0 radical (unpaired) electrons. The van der Waals surface area contributed by atoms with E-state index in [0.29, 0.717) is 6.61 Å². The van der Waals surface area contributed by atoms with Crippen LogP contribution in [-0.2, 0) is 14.2 Å². The molecule has 5 heteroatoms. The number of rotatable bonds is 2. The minimum atomic E-state index is -0.575. The van der Waals surface area contributed by atoms with Crippen molar-refractivity contribution in [2.45, 2.75) is 65.1 Å². The number of hydrogen-bond acceptors (Lipinski definition) is 4. The van der Waals surface area contributed by atoms with Gasteiger partial charge in [-0.1, -0.05) is 0 Å². The summed E-state index contributed by atoms with van der Waals surface area (Å²) in [5.41, 5.74) is -0.490. The lowest BCUT2D eigenvalue weighted by molar-refractivity contribution is -0.141. The summed E-state index contributed by atoms with van der Waals surface area (Å²) >= 11 is 0. The van der Waals surface area contributed by atoms with Crippen molar-refractivity contribution in [2.24, 2.45) is 0 Å². The molecule has 1 rings (SSSR count). The van der Waals surface area contributed by atoms with Crippen LogP contribution in [0.5, 0.6) is 0 Å². The lowest BCUT2D eigenvalue weighted by Crippen LogP contribution is -2.45. The molecule has 1 amide bonds. The second-order valence-corrected chi connectivity index (χ2v) is 5.80. The third-order valence-electron chi connectivity index (χ3n) is 2.33. The van der Waals surface area contributed by atoms with Gasteiger partial charge >= 0.3 is 6.09 Å². The Morgan fingerprint density at radius 2 is 2.06 bits per heavy atom. The maximum Gasteiger partial charge on any atom is 0.407 e. The van der Waals surface area contributed by atoms with E-state index in [1.807, 2.05) is 41.5 Å². The molecule has 0 unspecified atom stereocenters. The van der Waals surface area contributed by atoms with Crippen molar-refractivity contribution >= 4 is 6.09 Å². The van der Waals surface area contributed by atoms with Crippen LogP contribution in [0.25, 0.3) is 0 Å². The monoisotopic (exact) mass is 245 g/mol. The number of carbonyl (C=O) groups excluding carboxylic acids is 1. The summed E-state index contributed by atoms with van der Waals surface area (Å²) in [5.74, 6) is -0.575. The Kier molecular flexibility index (Phi) is 4.04. The van der Waals surface area contributed by atoms with Gasteiger partial charge in [-0.25, -0.2) is 4.79 Å². The zero-order valence-corrected chi connectivity index (χ0v) is 11.5. The number of nitrogens with one attached hydrogen (secondary N) is 1. The predicted molar refractivity (Wildman–Crippen MR) is 63.7 cm³/mol. The molecule has 1 aliphatic rings. The zero-order valence-electron chi connectivity index (χ0n) is 11.5. The first-order valence-corrected chi connectivity index (χ1v) is 5.90. The molecule has 2 atom stereocenters. The highest BCUT2D eigenvalue weighted by molar-refractivity contribution is 5.68. The summed E-state index contributed by atoms with van der Waals surface area (Å²) in [6.07, 6.45) is -0.573. The highest BCUT2D eigenvalue weighted by Gasteiger charge is 2.36. The molecule has 0 bridgehead atoms.